The Morgan fingerprint density at radius 3 is 2.52 bits per heavy atom. The van der Waals surface area contributed by atoms with Gasteiger partial charge in [0.05, 0.1) is 30.1 Å². The van der Waals surface area contributed by atoms with Gasteiger partial charge in [-0.3, -0.25) is 10.1 Å². The lowest BCUT2D eigenvalue weighted by Crippen LogP contribution is -2.11. The third-order valence-electron chi connectivity index (χ3n) is 3.84. The Morgan fingerprint density at radius 2 is 1.74 bits per heavy atom. The first-order chi connectivity index (χ1) is 13.1. The zero-order chi connectivity index (χ0) is 18.8. The highest BCUT2D eigenvalue weighted by molar-refractivity contribution is 7.14. The lowest BCUT2D eigenvalue weighted by atomic mass is 10.1. The van der Waals surface area contributed by atoms with Crippen molar-refractivity contribution in [1.82, 2.24) is 13.7 Å². The molecule has 0 saturated carbocycles. The van der Waals surface area contributed by atoms with Crippen LogP contribution < -0.4 is 5.32 Å². The Bertz CT molecular complexity index is 1130. The second-order valence-electron chi connectivity index (χ2n) is 5.53. The number of carbonyl (C=O) groups is 2. The Labute approximate surface area is 162 Å². The number of thiazole rings is 1. The first-order valence-corrected chi connectivity index (χ1v) is 9.43. The van der Waals surface area contributed by atoms with Crippen LogP contribution in [-0.2, 0) is 4.74 Å². The fraction of sp³-hybridized carbons (Fsp3) is 0.0556. The summed E-state index contributed by atoms with van der Waals surface area (Å²) in [5.41, 5.74) is 3.98. The average Bonchev–Trinajstić information content (AvgIpc) is 3.36. The van der Waals surface area contributed by atoms with E-state index in [4.69, 9.17) is 0 Å². The van der Waals surface area contributed by atoms with E-state index in [-0.39, 0.29) is 11.9 Å². The van der Waals surface area contributed by atoms with Crippen LogP contribution in [0, 0.1) is 0 Å². The van der Waals surface area contributed by atoms with Gasteiger partial charge >= 0.3 is 5.97 Å². The highest BCUT2D eigenvalue weighted by atomic mass is 32.1. The van der Waals surface area contributed by atoms with Crippen molar-refractivity contribution in [2.75, 3.05) is 12.4 Å². The van der Waals surface area contributed by atoms with Crippen LogP contribution in [0.25, 0.3) is 22.3 Å². The van der Waals surface area contributed by atoms with Gasteiger partial charge in [0.25, 0.3) is 5.91 Å². The molecule has 7 nitrogen and oxygen atoms in total. The van der Waals surface area contributed by atoms with Gasteiger partial charge in [0.15, 0.2) is 5.13 Å². The number of nitrogens with one attached hydrogen (secondary N) is 1. The molecule has 0 aliphatic carbocycles. The number of methoxy groups -OCH3 is 1. The average molecular weight is 396 g/mol. The summed E-state index contributed by atoms with van der Waals surface area (Å²) in [5.74, 6) is -0.646. The zero-order valence-corrected chi connectivity index (χ0v) is 15.6. The maximum Gasteiger partial charge on any atom is 0.337 e. The SMILES string of the molecule is COC(=O)c1ccc(-c2csc(NC(=O)c3ccc4nsnc4c3)n2)cc1. The monoisotopic (exact) mass is 396 g/mol. The summed E-state index contributed by atoms with van der Waals surface area (Å²) < 4.78 is 13.0. The van der Waals surface area contributed by atoms with Crippen LogP contribution in [0.4, 0.5) is 5.13 Å². The highest BCUT2D eigenvalue weighted by Gasteiger charge is 2.12. The molecule has 1 amide bonds. The summed E-state index contributed by atoms with van der Waals surface area (Å²) in [4.78, 5) is 28.4. The molecule has 4 rings (SSSR count). The van der Waals surface area contributed by atoms with Gasteiger partial charge in [-0.25, -0.2) is 9.78 Å². The first kappa shape index (κ1) is 17.3. The minimum Gasteiger partial charge on any atom is -0.465 e. The van der Waals surface area contributed by atoms with Gasteiger partial charge in [-0.1, -0.05) is 12.1 Å². The molecule has 0 spiro atoms. The van der Waals surface area contributed by atoms with Gasteiger partial charge in [-0.2, -0.15) is 8.75 Å². The van der Waals surface area contributed by atoms with Crippen molar-refractivity contribution in [2.24, 2.45) is 0 Å². The van der Waals surface area contributed by atoms with E-state index in [1.165, 1.54) is 18.4 Å². The second-order valence-corrected chi connectivity index (χ2v) is 6.92. The van der Waals surface area contributed by atoms with Crippen molar-refractivity contribution in [3.63, 3.8) is 0 Å². The van der Waals surface area contributed by atoms with Crippen LogP contribution in [0.3, 0.4) is 0 Å². The van der Waals surface area contributed by atoms with E-state index in [0.717, 1.165) is 22.8 Å². The number of hydrogen-bond donors (Lipinski definition) is 1. The zero-order valence-electron chi connectivity index (χ0n) is 14.0. The molecule has 4 aromatic rings. The van der Waals surface area contributed by atoms with E-state index >= 15 is 0 Å². The molecule has 0 atom stereocenters. The molecular formula is C18H12N4O3S2. The van der Waals surface area contributed by atoms with E-state index < -0.39 is 0 Å². The number of benzene rings is 2. The van der Waals surface area contributed by atoms with Gasteiger partial charge in [-0.15, -0.1) is 11.3 Å². The van der Waals surface area contributed by atoms with Crippen LogP contribution in [-0.4, -0.2) is 32.7 Å². The molecule has 0 unspecified atom stereocenters. The molecule has 134 valence electrons. The quantitative estimate of drug-likeness (QED) is 0.527. The molecule has 0 radical (unpaired) electrons. The minimum atomic E-state index is -0.389. The molecule has 27 heavy (non-hydrogen) atoms. The third kappa shape index (κ3) is 3.55. The molecule has 2 aromatic heterocycles. The molecule has 2 heterocycles. The smallest absolute Gasteiger partial charge is 0.337 e. The van der Waals surface area contributed by atoms with Crippen LogP contribution in [0.15, 0.2) is 47.8 Å². The number of rotatable bonds is 4. The van der Waals surface area contributed by atoms with Gasteiger partial charge in [0, 0.05) is 16.5 Å². The number of amides is 1. The molecule has 0 aliphatic rings. The predicted molar refractivity (Wildman–Crippen MR) is 104 cm³/mol. The normalized spacial score (nSPS) is 10.7. The summed E-state index contributed by atoms with van der Waals surface area (Å²) in [6.07, 6.45) is 0. The van der Waals surface area contributed by atoms with E-state index in [9.17, 15) is 9.59 Å². The largest absolute Gasteiger partial charge is 0.465 e. The van der Waals surface area contributed by atoms with Gasteiger partial charge in [-0.05, 0) is 30.3 Å². The highest BCUT2D eigenvalue weighted by Crippen LogP contribution is 2.26. The number of anilines is 1. The fourth-order valence-electron chi connectivity index (χ4n) is 2.45. The Hall–Kier alpha value is -3.17. The van der Waals surface area contributed by atoms with Gasteiger partial charge in [0.1, 0.15) is 11.0 Å². The molecule has 0 fully saturated rings. The lowest BCUT2D eigenvalue weighted by molar-refractivity contribution is 0.0600. The number of carbonyl (C=O) groups excluding carboxylic acids is 2. The number of ether oxygens (including phenoxy) is 1. The number of nitrogens with zero attached hydrogens (tertiary/aromatic N) is 3. The number of fused-ring (bicyclic) bond motifs is 1. The third-order valence-corrected chi connectivity index (χ3v) is 5.16. The molecule has 0 bridgehead atoms. The fourth-order valence-corrected chi connectivity index (χ4v) is 3.68. The molecule has 9 heteroatoms. The van der Waals surface area contributed by atoms with E-state index in [0.29, 0.717) is 27.5 Å². The number of hydrogen-bond acceptors (Lipinski definition) is 8. The van der Waals surface area contributed by atoms with Crippen LogP contribution in [0.2, 0.25) is 0 Å². The van der Waals surface area contributed by atoms with Gasteiger partial charge in [0.2, 0.25) is 0 Å². The Balaban J connectivity index is 1.50. The lowest BCUT2D eigenvalue weighted by Gasteiger charge is -2.02. The topological polar surface area (TPSA) is 94.1 Å². The maximum atomic E-state index is 12.4. The summed E-state index contributed by atoms with van der Waals surface area (Å²) in [6, 6.07) is 12.1. The summed E-state index contributed by atoms with van der Waals surface area (Å²) >= 11 is 2.44. The van der Waals surface area contributed by atoms with Crippen molar-refractivity contribution in [3.8, 4) is 11.3 Å². The predicted octanol–water partition coefficient (Wildman–Crippen LogP) is 3.85. The molecular weight excluding hydrogens is 384 g/mol. The van der Waals surface area contributed by atoms with Crippen LogP contribution in [0.1, 0.15) is 20.7 Å². The van der Waals surface area contributed by atoms with Crippen molar-refractivity contribution in [3.05, 3.63) is 59.0 Å². The Kier molecular flexibility index (Phi) is 4.61. The number of esters is 1. The molecule has 1 N–H and O–H groups in total. The maximum absolute atomic E-state index is 12.4. The second kappa shape index (κ2) is 7.22. The standard InChI is InChI=1S/C18H12N4O3S2/c1-25-17(24)11-4-2-10(3-5-11)15-9-26-18(19-15)20-16(23)12-6-7-13-14(8-12)22-27-21-13/h2-9H,1H3,(H,19,20,23). The van der Waals surface area contributed by atoms with Crippen molar-refractivity contribution < 1.29 is 14.3 Å². The van der Waals surface area contributed by atoms with E-state index in [1.54, 1.807) is 42.5 Å². The minimum absolute atomic E-state index is 0.258. The Morgan fingerprint density at radius 1 is 1.00 bits per heavy atom. The van der Waals surface area contributed by atoms with Crippen LogP contribution >= 0.6 is 23.1 Å². The molecule has 0 aliphatic heterocycles. The molecule has 0 saturated heterocycles. The summed E-state index contributed by atoms with van der Waals surface area (Å²) in [7, 11) is 1.34. The van der Waals surface area contributed by atoms with Crippen molar-refractivity contribution in [2.45, 2.75) is 0 Å². The summed E-state index contributed by atoms with van der Waals surface area (Å²) in [6.45, 7) is 0. The van der Waals surface area contributed by atoms with Crippen molar-refractivity contribution >= 4 is 51.1 Å². The number of aromatic nitrogens is 3. The molecule has 2 aromatic carbocycles. The van der Waals surface area contributed by atoms with E-state index in [1.807, 2.05) is 5.38 Å². The summed E-state index contributed by atoms with van der Waals surface area (Å²) in [5, 5.41) is 5.13. The van der Waals surface area contributed by atoms with E-state index in [2.05, 4.69) is 23.8 Å². The van der Waals surface area contributed by atoms with Crippen LogP contribution in [0.5, 0.6) is 0 Å². The van der Waals surface area contributed by atoms with Gasteiger partial charge < -0.3 is 4.74 Å². The first-order valence-electron chi connectivity index (χ1n) is 7.82. The van der Waals surface area contributed by atoms with Crippen molar-refractivity contribution in [1.29, 1.82) is 0 Å².